The number of fused-ring (bicyclic) bond motifs is 1. The number of carbonyl (C=O) groups excluding carboxylic acids is 4. The number of ether oxygens (including phenoxy) is 1. The van der Waals surface area contributed by atoms with E-state index in [9.17, 15) is 23.7 Å². The Kier molecular flexibility index (Phi) is 13.4. The van der Waals surface area contributed by atoms with E-state index < -0.39 is 19.1 Å². The Hall–Kier alpha value is -5.46. The minimum atomic E-state index is -2.56. The van der Waals surface area contributed by atoms with Crippen LogP contribution in [0.15, 0.2) is 66.9 Å². The van der Waals surface area contributed by atoms with Crippen LogP contribution in [0.4, 0.5) is 28.8 Å². The van der Waals surface area contributed by atoms with Crippen molar-refractivity contribution in [2.24, 2.45) is 0 Å². The summed E-state index contributed by atoms with van der Waals surface area (Å²) in [4.78, 5) is 65.1. The molecule has 2 fully saturated rings. The van der Waals surface area contributed by atoms with Gasteiger partial charge in [0.25, 0.3) is 5.91 Å². The Balaban J connectivity index is 0.833. The highest BCUT2D eigenvalue weighted by atomic mass is 35.5. The first-order chi connectivity index (χ1) is 28.9. The molecule has 4 amide bonds. The van der Waals surface area contributed by atoms with E-state index in [1.54, 1.807) is 25.3 Å². The molecule has 16 heteroatoms. The number of amides is 4. The molecule has 7 rings (SSSR count). The smallest absolute Gasteiger partial charge is 0.255 e. The number of aryl methyl sites for hydroxylation is 1. The number of hydrogen-bond acceptors (Lipinski definition) is 11. The third kappa shape index (κ3) is 9.93. The van der Waals surface area contributed by atoms with E-state index >= 15 is 0 Å². The second-order valence-corrected chi connectivity index (χ2v) is 19.5. The van der Waals surface area contributed by atoms with Gasteiger partial charge in [0.15, 0.2) is 5.82 Å². The summed E-state index contributed by atoms with van der Waals surface area (Å²) < 4.78 is 18.6. The zero-order valence-electron chi connectivity index (χ0n) is 34.3. The van der Waals surface area contributed by atoms with Gasteiger partial charge in [0.05, 0.1) is 24.7 Å². The summed E-state index contributed by atoms with van der Waals surface area (Å²) in [5.74, 6) is 0.667. The first kappa shape index (κ1) is 42.7. The van der Waals surface area contributed by atoms with Crippen LogP contribution in [0.25, 0.3) is 0 Å². The van der Waals surface area contributed by atoms with Crippen LogP contribution in [0.1, 0.15) is 72.9 Å². The second kappa shape index (κ2) is 18.9. The minimum Gasteiger partial charge on any atom is -0.494 e. The van der Waals surface area contributed by atoms with E-state index in [1.807, 2.05) is 59.5 Å². The molecule has 0 aliphatic carbocycles. The molecule has 0 radical (unpaired) electrons. The van der Waals surface area contributed by atoms with E-state index in [-0.39, 0.29) is 24.1 Å². The summed E-state index contributed by atoms with van der Waals surface area (Å²) in [6.45, 7) is 6.55. The van der Waals surface area contributed by atoms with Crippen molar-refractivity contribution in [1.29, 1.82) is 0 Å². The number of benzene rings is 3. The number of methoxy groups -OCH3 is 1. The molecular weight excluding hydrogens is 803 g/mol. The SMILES string of the molecule is COc1cc(N2CCN(C(=O)CCCCCCCc3cccc4c3CN(C3CCC(=O)NC3=O)C4=O)CC2)ccc1Nc1ncc(Cl)c(Nc2ccccc2P(C)(C)=O)n1. The number of carbonyl (C=O) groups is 4. The number of piperazine rings is 1. The molecule has 2 saturated heterocycles. The maximum Gasteiger partial charge on any atom is 0.255 e. The number of para-hydroxylation sites is 1. The molecule has 1 unspecified atom stereocenters. The first-order valence-electron chi connectivity index (χ1n) is 20.6. The summed E-state index contributed by atoms with van der Waals surface area (Å²) in [6.07, 6.45) is 8.36. The lowest BCUT2D eigenvalue weighted by Crippen LogP contribution is -2.52. The van der Waals surface area contributed by atoms with E-state index in [0.29, 0.717) is 90.3 Å². The lowest BCUT2D eigenvalue weighted by molar-refractivity contribution is -0.137. The average Bonchev–Trinajstić information content (AvgIpc) is 3.57. The zero-order chi connectivity index (χ0) is 42.4. The van der Waals surface area contributed by atoms with Crippen LogP contribution in [0.2, 0.25) is 5.02 Å². The number of halogens is 1. The molecule has 3 aliphatic heterocycles. The van der Waals surface area contributed by atoms with Gasteiger partial charge in [0, 0.05) is 68.2 Å². The van der Waals surface area contributed by atoms with E-state index in [1.165, 1.54) is 6.20 Å². The topological polar surface area (TPSA) is 166 Å². The van der Waals surface area contributed by atoms with Gasteiger partial charge in [0.1, 0.15) is 24.0 Å². The maximum atomic E-state index is 13.1. The van der Waals surface area contributed by atoms with Gasteiger partial charge >= 0.3 is 0 Å². The van der Waals surface area contributed by atoms with Crippen LogP contribution in [-0.2, 0) is 31.9 Å². The molecule has 4 heterocycles. The Morgan fingerprint density at radius 3 is 2.47 bits per heavy atom. The predicted molar refractivity (Wildman–Crippen MR) is 235 cm³/mol. The molecule has 1 aromatic heterocycles. The Morgan fingerprint density at radius 2 is 1.70 bits per heavy atom. The minimum absolute atomic E-state index is 0.142. The van der Waals surface area contributed by atoms with Gasteiger partial charge in [-0.3, -0.25) is 24.5 Å². The Labute approximate surface area is 355 Å². The van der Waals surface area contributed by atoms with Gasteiger partial charge in [-0.05, 0) is 80.5 Å². The number of hydrogen-bond donors (Lipinski definition) is 3. The quantitative estimate of drug-likeness (QED) is 0.0612. The highest BCUT2D eigenvalue weighted by molar-refractivity contribution is 7.70. The van der Waals surface area contributed by atoms with Crippen molar-refractivity contribution in [2.45, 2.75) is 70.4 Å². The number of piperidine rings is 1. The van der Waals surface area contributed by atoms with Crippen LogP contribution < -0.4 is 30.9 Å². The summed E-state index contributed by atoms with van der Waals surface area (Å²) in [5.41, 5.74) is 5.11. The first-order valence-corrected chi connectivity index (χ1v) is 23.5. The highest BCUT2D eigenvalue weighted by Crippen LogP contribution is 2.39. The van der Waals surface area contributed by atoms with Crippen molar-refractivity contribution in [3.63, 3.8) is 0 Å². The summed E-state index contributed by atoms with van der Waals surface area (Å²) in [7, 11) is -0.949. The van der Waals surface area contributed by atoms with Gasteiger partial charge in [-0.1, -0.05) is 55.1 Å². The van der Waals surface area contributed by atoms with Crippen molar-refractivity contribution in [3.8, 4) is 5.75 Å². The van der Waals surface area contributed by atoms with E-state index in [2.05, 4.69) is 36.9 Å². The molecule has 60 heavy (non-hydrogen) atoms. The standard InChI is InChI=1S/C44H52ClN8O6P/c1-59-37-26-30(18-19-34(37)48-44-46-27-33(45)41(50-44)47-35-15-9-10-16-38(35)60(2,3)58)51-22-24-52(25-23-51)40(55)17-8-6-4-5-7-12-29-13-11-14-31-32(29)28-53(43(31)57)36-20-21-39(54)49-42(36)56/h9-11,13-16,18-19,26-27,36H,4-8,12,17,20-25,28H2,1-3H3,(H,49,54,56)(H2,46,47,48,50). The normalized spacial score (nSPS) is 16.8. The van der Waals surface area contributed by atoms with Crippen molar-refractivity contribution in [1.82, 2.24) is 25.1 Å². The Morgan fingerprint density at radius 1 is 0.933 bits per heavy atom. The predicted octanol–water partition coefficient (Wildman–Crippen LogP) is 6.87. The molecule has 0 bridgehead atoms. The van der Waals surface area contributed by atoms with Crippen molar-refractivity contribution >= 4 is 76.5 Å². The number of rotatable bonds is 16. The number of nitrogens with one attached hydrogen (secondary N) is 3. The third-order valence-corrected chi connectivity index (χ3v) is 13.3. The summed E-state index contributed by atoms with van der Waals surface area (Å²) in [6, 6.07) is 18.5. The monoisotopic (exact) mass is 854 g/mol. The van der Waals surface area contributed by atoms with E-state index in [0.717, 1.165) is 55.3 Å². The average molecular weight is 855 g/mol. The molecule has 1 atom stereocenters. The zero-order valence-corrected chi connectivity index (χ0v) is 36.0. The van der Waals surface area contributed by atoms with Gasteiger partial charge in [0.2, 0.25) is 23.7 Å². The molecule has 3 aliphatic rings. The number of aromatic nitrogens is 2. The molecule has 14 nitrogen and oxygen atoms in total. The number of nitrogens with zero attached hydrogens (tertiary/aromatic N) is 5. The van der Waals surface area contributed by atoms with Gasteiger partial charge in [-0.15, -0.1) is 0 Å². The molecule has 3 aromatic carbocycles. The molecule has 4 aromatic rings. The van der Waals surface area contributed by atoms with Crippen LogP contribution in [0.5, 0.6) is 5.75 Å². The highest BCUT2D eigenvalue weighted by Gasteiger charge is 2.39. The van der Waals surface area contributed by atoms with Crippen LogP contribution in [0, 0.1) is 0 Å². The lowest BCUT2D eigenvalue weighted by Gasteiger charge is -2.36. The van der Waals surface area contributed by atoms with Crippen molar-refractivity contribution in [2.75, 3.05) is 62.2 Å². The van der Waals surface area contributed by atoms with Gasteiger partial charge < -0.3 is 34.6 Å². The fraction of sp³-hybridized carbons (Fsp3) is 0.409. The maximum absolute atomic E-state index is 13.1. The molecular formula is C44H52ClN8O6P. The molecule has 3 N–H and O–H groups in total. The molecule has 0 spiro atoms. The second-order valence-electron chi connectivity index (χ2n) is 15.9. The summed E-state index contributed by atoms with van der Waals surface area (Å²) >= 11 is 6.46. The van der Waals surface area contributed by atoms with Crippen LogP contribution in [-0.4, -0.2) is 96.1 Å². The fourth-order valence-corrected chi connectivity index (χ4v) is 9.46. The van der Waals surface area contributed by atoms with Crippen LogP contribution in [0.3, 0.4) is 0 Å². The van der Waals surface area contributed by atoms with Crippen molar-refractivity contribution in [3.05, 3.63) is 88.6 Å². The number of anilines is 5. The van der Waals surface area contributed by atoms with E-state index in [4.69, 9.17) is 16.3 Å². The number of unbranched alkanes of at least 4 members (excludes halogenated alkanes) is 4. The van der Waals surface area contributed by atoms with Gasteiger partial charge in [-0.25, -0.2) is 4.98 Å². The lowest BCUT2D eigenvalue weighted by atomic mass is 9.98. The molecule has 316 valence electrons. The largest absolute Gasteiger partial charge is 0.494 e. The Bertz CT molecular complexity index is 2310. The number of imide groups is 1. The third-order valence-electron chi connectivity index (χ3n) is 11.4. The summed E-state index contributed by atoms with van der Waals surface area (Å²) in [5, 5.41) is 9.85. The van der Waals surface area contributed by atoms with Crippen molar-refractivity contribution < 1.29 is 28.5 Å². The van der Waals surface area contributed by atoms with Gasteiger partial charge in [-0.2, -0.15) is 4.98 Å². The fourth-order valence-electron chi connectivity index (χ4n) is 8.17. The van der Waals surface area contributed by atoms with Crippen LogP contribution >= 0.6 is 18.7 Å². The molecule has 0 saturated carbocycles.